The topological polar surface area (TPSA) is 50.9 Å². The third-order valence-corrected chi connectivity index (χ3v) is 2.08. The number of nitrogens with one attached hydrogen (secondary N) is 1. The monoisotopic (exact) mass is 191 g/mol. The summed E-state index contributed by atoms with van der Waals surface area (Å²) in [4.78, 5) is 1.28. The molecule has 0 amide bonds. The Morgan fingerprint density at radius 3 is 2.54 bits per heavy atom. The maximum Gasteiger partial charge on any atom is 0.191 e. The van der Waals surface area contributed by atoms with Crippen LogP contribution in [-0.2, 0) is 0 Å². The fourth-order valence-corrected chi connectivity index (χ4v) is 1.22. The number of amidine groups is 1. The SMILES string of the molecule is CSC(=N)N(C#N)c1ccccc1. The Morgan fingerprint density at radius 1 is 1.46 bits per heavy atom. The van der Waals surface area contributed by atoms with Crippen molar-refractivity contribution in [2.45, 2.75) is 0 Å². The molecule has 0 fully saturated rings. The predicted octanol–water partition coefficient (Wildman–Crippen LogP) is 2.27. The second-order valence-electron chi connectivity index (χ2n) is 2.28. The van der Waals surface area contributed by atoms with Crippen molar-refractivity contribution in [1.82, 2.24) is 0 Å². The maximum absolute atomic E-state index is 8.80. The van der Waals surface area contributed by atoms with Crippen LogP contribution >= 0.6 is 11.8 Å². The highest BCUT2D eigenvalue weighted by atomic mass is 32.2. The van der Waals surface area contributed by atoms with Crippen molar-refractivity contribution in [3.8, 4) is 6.19 Å². The van der Waals surface area contributed by atoms with Crippen LogP contribution < -0.4 is 4.90 Å². The van der Waals surface area contributed by atoms with Crippen molar-refractivity contribution in [3.63, 3.8) is 0 Å². The van der Waals surface area contributed by atoms with Crippen LogP contribution in [0.25, 0.3) is 0 Å². The molecule has 0 heterocycles. The summed E-state index contributed by atoms with van der Waals surface area (Å²) < 4.78 is 0. The molecule has 13 heavy (non-hydrogen) atoms. The maximum atomic E-state index is 8.80. The number of benzene rings is 1. The number of nitriles is 1. The fraction of sp³-hybridized carbons (Fsp3) is 0.111. The van der Waals surface area contributed by atoms with E-state index < -0.39 is 0 Å². The quantitative estimate of drug-likeness (QED) is 0.320. The van der Waals surface area contributed by atoms with E-state index >= 15 is 0 Å². The van der Waals surface area contributed by atoms with Gasteiger partial charge in [-0.05, 0) is 18.4 Å². The molecule has 1 N–H and O–H groups in total. The summed E-state index contributed by atoms with van der Waals surface area (Å²) in [5.41, 5.74) is 0.726. The van der Waals surface area contributed by atoms with Crippen LogP contribution in [0.5, 0.6) is 0 Å². The molecule has 1 aromatic rings. The molecule has 0 aliphatic rings. The Kier molecular flexibility index (Phi) is 3.35. The number of rotatable bonds is 1. The second kappa shape index (κ2) is 4.53. The number of nitrogens with zero attached hydrogens (tertiary/aromatic N) is 2. The van der Waals surface area contributed by atoms with E-state index in [1.165, 1.54) is 16.7 Å². The first-order chi connectivity index (χ1) is 6.29. The lowest BCUT2D eigenvalue weighted by atomic mass is 10.3. The zero-order valence-electron chi connectivity index (χ0n) is 7.19. The highest BCUT2D eigenvalue weighted by molar-refractivity contribution is 8.13. The van der Waals surface area contributed by atoms with Crippen LogP contribution in [0.4, 0.5) is 5.69 Å². The van der Waals surface area contributed by atoms with Gasteiger partial charge in [0, 0.05) is 0 Å². The predicted molar refractivity (Wildman–Crippen MR) is 55.8 cm³/mol. The summed E-state index contributed by atoms with van der Waals surface area (Å²) in [6.45, 7) is 0. The van der Waals surface area contributed by atoms with Gasteiger partial charge in [0.05, 0.1) is 5.69 Å². The van der Waals surface area contributed by atoms with E-state index in [2.05, 4.69) is 0 Å². The van der Waals surface area contributed by atoms with Gasteiger partial charge in [-0.1, -0.05) is 30.0 Å². The van der Waals surface area contributed by atoms with E-state index in [-0.39, 0.29) is 5.17 Å². The van der Waals surface area contributed by atoms with Gasteiger partial charge in [-0.15, -0.1) is 0 Å². The minimum atomic E-state index is 0.230. The van der Waals surface area contributed by atoms with Crippen LogP contribution in [-0.4, -0.2) is 11.4 Å². The lowest BCUT2D eigenvalue weighted by Gasteiger charge is -2.13. The van der Waals surface area contributed by atoms with E-state index in [9.17, 15) is 0 Å². The van der Waals surface area contributed by atoms with Gasteiger partial charge >= 0.3 is 0 Å². The summed E-state index contributed by atoms with van der Waals surface area (Å²) in [5, 5.41) is 16.5. The summed E-state index contributed by atoms with van der Waals surface area (Å²) in [5.74, 6) is 0. The van der Waals surface area contributed by atoms with Gasteiger partial charge in [-0.3, -0.25) is 5.41 Å². The fourth-order valence-electron chi connectivity index (χ4n) is 0.889. The van der Waals surface area contributed by atoms with Crippen LogP contribution in [0.2, 0.25) is 0 Å². The molecule has 0 aromatic heterocycles. The van der Waals surface area contributed by atoms with Gasteiger partial charge in [0.25, 0.3) is 0 Å². The van der Waals surface area contributed by atoms with Crippen molar-refractivity contribution >= 4 is 22.6 Å². The van der Waals surface area contributed by atoms with E-state index in [0.717, 1.165) is 5.69 Å². The second-order valence-corrected chi connectivity index (χ2v) is 3.08. The lowest BCUT2D eigenvalue weighted by molar-refractivity contribution is 1.31. The first-order valence-electron chi connectivity index (χ1n) is 3.67. The van der Waals surface area contributed by atoms with E-state index in [1.54, 1.807) is 18.4 Å². The molecule has 66 valence electrons. The standard InChI is InChI=1S/C9H9N3S/c1-13-9(11)12(7-10)8-5-3-2-4-6-8/h2-6,11H,1H3. The molecule has 0 saturated heterocycles. The molecule has 1 rings (SSSR count). The summed E-state index contributed by atoms with van der Waals surface area (Å²) in [7, 11) is 0. The Hall–Kier alpha value is -1.47. The Labute approximate surface area is 81.5 Å². The molecule has 4 heteroatoms. The zero-order chi connectivity index (χ0) is 9.68. The molecule has 0 bridgehead atoms. The normalized spacial score (nSPS) is 8.92. The molecular formula is C9H9N3S. The van der Waals surface area contributed by atoms with Gasteiger partial charge in [0.15, 0.2) is 11.4 Å². The van der Waals surface area contributed by atoms with Crippen molar-refractivity contribution in [2.24, 2.45) is 0 Å². The molecule has 0 atom stereocenters. The highest BCUT2D eigenvalue weighted by Crippen LogP contribution is 2.15. The molecule has 0 aliphatic heterocycles. The summed E-state index contributed by atoms with van der Waals surface area (Å²) >= 11 is 1.24. The smallest absolute Gasteiger partial charge is 0.191 e. The Morgan fingerprint density at radius 2 is 2.08 bits per heavy atom. The third kappa shape index (κ3) is 2.23. The number of thioether (sulfide) groups is 1. The molecule has 0 spiro atoms. The van der Waals surface area contributed by atoms with Gasteiger partial charge in [0.2, 0.25) is 0 Å². The average Bonchev–Trinajstić information content (AvgIpc) is 2.20. The van der Waals surface area contributed by atoms with Gasteiger partial charge in [0.1, 0.15) is 0 Å². The molecule has 3 nitrogen and oxygen atoms in total. The van der Waals surface area contributed by atoms with Crippen molar-refractivity contribution in [3.05, 3.63) is 30.3 Å². The van der Waals surface area contributed by atoms with Crippen LogP contribution in [0, 0.1) is 16.9 Å². The third-order valence-electron chi connectivity index (χ3n) is 1.51. The van der Waals surface area contributed by atoms with Crippen molar-refractivity contribution in [2.75, 3.05) is 11.2 Å². The van der Waals surface area contributed by atoms with Crippen LogP contribution in [0.1, 0.15) is 0 Å². The van der Waals surface area contributed by atoms with E-state index in [1.807, 2.05) is 24.4 Å². The summed E-state index contributed by atoms with van der Waals surface area (Å²) in [6, 6.07) is 9.16. The number of para-hydroxylation sites is 1. The Balaban J connectivity index is 2.93. The van der Waals surface area contributed by atoms with E-state index in [4.69, 9.17) is 10.7 Å². The van der Waals surface area contributed by atoms with Gasteiger partial charge in [-0.25, -0.2) is 4.90 Å². The number of hydrogen-bond acceptors (Lipinski definition) is 3. The van der Waals surface area contributed by atoms with Gasteiger partial charge < -0.3 is 0 Å². The molecular weight excluding hydrogens is 182 g/mol. The molecule has 1 aromatic carbocycles. The van der Waals surface area contributed by atoms with Crippen LogP contribution in [0.15, 0.2) is 30.3 Å². The minimum absolute atomic E-state index is 0.230. The average molecular weight is 191 g/mol. The molecule has 0 radical (unpaired) electrons. The van der Waals surface area contributed by atoms with Crippen molar-refractivity contribution < 1.29 is 0 Å². The first-order valence-corrected chi connectivity index (χ1v) is 4.89. The van der Waals surface area contributed by atoms with Gasteiger partial charge in [-0.2, -0.15) is 5.26 Å². The first kappa shape index (κ1) is 9.62. The molecule has 0 unspecified atom stereocenters. The number of hydrogen-bond donors (Lipinski definition) is 1. The lowest BCUT2D eigenvalue weighted by Crippen LogP contribution is -2.21. The zero-order valence-corrected chi connectivity index (χ0v) is 8.01. The summed E-state index contributed by atoms with van der Waals surface area (Å²) in [6.07, 6.45) is 3.73. The van der Waals surface area contributed by atoms with Crippen molar-refractivity contribution in [1.29, 1.82) is 10.7 Å². The molecule has 0 aliphatic carbocycles. The number of anilines is 1. The molecule has 0 saturated carbocycles. The van der Waals surface area contributed by atoms with Crippen LogP contribution in [0.3, 0.4) is 0 Å². The highest BCUT2D eigenvalue weighted by Gasteiger charge is 2.08. The Bertz CT molecular complexity index is 328. The minimum Gasteiger partial charge on any atom is -0.278 e. The van der Waals surface area contributed by atoms with E-state index in [0.29, 0.717) is 0 Å². The largest absolute Gasteiger partial charge is 0.278 e.